The Kier molecular flexibility index (Phi) is 3.97. The molecule has 2 saturated heterocycles. The average Bonchev–Trinajstić information content (AvgIpc) is 3.09. The second-order valence-corrected chi connectivity index (χ2v) is 7.05. The summed E-state index contributed by atoms with van der Waals surface area (Å²) < 4.78 is 19.3. The Bertz CT molecular complexity index is 845. The van der Waals surface area contributed by atoms with E-state index in [1.165, 1.54) is 19.6 Å². The molecule has 1 spiro atoms. The summed E-state index contributed by atoms with van der Waals surface area (Å²) in [6, 6.07) is 5.27. The molecule has 6 heteroatoms. The number of methoxy groups -OCH3 is 1. The highest BCUT2D eigenvalue weighted by atomic mass is 19.1. The molecule has 1 aromatic heterocycles. The Morgan fingerprint density at radius 1 is 1.32 bits per heavy atom. The van der Waals surface area contributed by atoms with Crippen LogP contribution in [0.2, 0.25) is 0 Å². The van der Waals surface area contributed by atoms with E-state index in [-0.39, 0.29) is 5.75 Å². The molecule has 4 rings (SSSR count). The van der Waals surface area contributed by atoms with Crippen molar-refractivity contribution in [3.63, 3.8) is 0 Å². The van der Waals surface area contributed by atoms with E-state index in [9.17, 15) is 9.65 Å². The summed E-state index contributed by atoms with van der Waals surface area (Å²) in [5.41, 5.74) is 2.34. The molecule has 3 heterocycles. The fourth-order valence-corrected chi connectivity index (χ4v) is 4.19. The van der Waals surface area contributed by atoms with Crippen LogP contribution in [-0.4, -0.2) is 38.3 Å². The predicted molar refractivity (Wildman–Crippen MR) is 94.3 cm³/mol. The number of aromatic nitrogens is 1. The zero-order valence-corrected chi connectivity index (χ0v) is 14.3. The van der Waals surface area contributed by atoms with E-state index in [4.69, 9.17) is 4.74 Å². The number of benzene rings is 1. The van der Waals surface area contributed by atoms with Crippen molar-refractivity contribution in [2.24, 2.45) is 5.41 Å². The van der Waals surface area contributed by atoms with Crippen LogP contribution < -0.4 is 15.0 Å². The fraction of sp³-hybridized carbons (Fsp3) is 0.474. The predicted octanol–water partition coefficient (Wildman–Crippen LogP) is 2.83. The number of rotatable bonds is 2. The molecule has 0 bridgehead atoms. The van der Waals surface area contributed by atoms with Crippen LogP contribution in [0, 0.1) is 22.6 Å². The SMILES string of the molecule is COc1cc2ncc(C#N)c(N3CCC4(CCNC4)CC3)c2cc1F. The summed E-state index contributed by atoms with van der Waals surface area (Å²) in [6.45, 7) is 3.92. The van der Waals surface area contributed by atoms with Crippen molar-refractivity contribution >= 4 is 16.6 Å². The van der Waals surface area contributed by atoms with Crippen LogP contribution in [0.15, 0.2) is 18.3 Å². The van der Waals surface area contributed by atoms with Crippen LogP contribution in [0.4, 0.5) is 10.1 Å². The Balaban J connectivity index is 1.75. The standard InChI is InChI=1S/C19H21FN4O/c1-25-17-9-16-14(8-15(17)20)18(13(10-21)11-23-16)24-6-3-19(4-7-24)2-5-22-12-19/h8-9,11,22H,2-7,12H2,1H3. The summed E-state index contributed by atoms with van der Waals surface area (Å²) in [5, 5.41) is 13.7. The van der Waals surface area contributed by atoms with Crippen molar-refractivity contribution in [3.8, 4) is 11.8 Å². The Labute approximate surface area is 146 Å². The number of fused-ring (bicyclic) bond motifs is 1. The van der Waals surface area contributed by atoms with Crippen molar-refractivity contribution in [1.29, 1.82) is 5.26 Å². The van der Waals surface area contributed by atoms with Gasteiger partial charge in [0.05, 0.1) is 23.9 Å². The van der Waals surface area contributed by atoms with Crippen molar-refractivity contribution in [3.05, 3.63) is 29.7 Å². The maximum atomic E-state index is 14.3. The van der Waals surface area contributed by atoms with Gasteiger partial charge in [0.25, 0.3) is 0 Å². The van der Waals surface area contributed by atoms with E-state index in [2.05, 4.69) is 21.3 Å². The first-order valence-electron chi connectivity index (χ1n) is 8.68. The number of halogens is 1. The number of nitrogens with zero attached hydrogens (tertiary/aromatic N) is 3. The highest BCUT2D eigenvalue weighted by molar-refractivity contribution is 5.95. The van der Waals surface area contributed by atoms with Gasteiger partial charge in [-0.05, 0) is 37.3 Å². The van der Waals surface area contributed by atoms with Crippen molar-refractivity contribution in [1.82, 2.24) is 10.3 Å². The van der Waals surface area contributed by atoms with Crippen molar-refractivity contribution in [2.75, 3.05) is 38.2 Å². The second-order valence-electron chi connectivity index (χ2n) is 7.05. The molecule has 0 radical (unpaired) electrons. The van der Waals surface area contributed by atoms with Crippen LogP contribution >= 0.6 is 0 Å². The van der Waals surface area contributed by atoms with E-state index in [1.54, 1.807) is 12.3 Å². The minimum atomic E-state index is -0.429. The van der Waals surface area contributed by atoms with Crippen molar-refractivity contribution in [2.45, 2.75) is 19.3 Å². The number of nitriles is 1. The van der Waals surface area contributed by atoms with Crippen molar-refractivity contribution < 1.29 is 9.13 Å². The zero-order chi connectivity index (χ0) is 17.4. The van der Waals surface area contributed by atoms with Crippen LogP contribution in [0.25, 0.3) is 10.9 Å². The summed E-state index contributed by atoms with van der Waals surface area (Å²) in [6.07, 6.45) is 4.98. The maximum Gasteiger partial charge on any atom is 0.165 e. The highest BCUT2D eigenvalue weighted by Crippen LogP contribution is 2.41. The highest BCUT2D eigenvalue weighted by Gasteiger charge is 2.37. The summed E-state index contributed by atoms with van der Waals surface area (Å²) >= 11 is 0. The first-order chi connectivity index (χ1) is 12.2. The fourth-order valence-electron chi connectivity index (χ4n) is 4.19. The van der Waals surface area contributed by atoms with Gasteiger partial charge >= 0.3 is 0 Å². The first-order valence-corrected chi connectivity index (χ1v) is 8.68. The molecule has 0 saturated carbocycles. The van der Waals surface area contributed by atoms with E-state index in [1.807, 2.05) is 0 Å². The average molecular weight is 340 g/mol. The molecule has 0 aliphatic carbocycles. The molecule has 2 aliphatic heterocycles. The number of hydrogen-bond donors (Lipinski definition) is 1. The number of hydrogen-bond acceptors (Lipinski definition) is 5. The number of anilines is 1. The molecule has 2 aliphatic rings. The first kappa shape index (κ1) is 16.1. The third-order valence-electron chi connectivity index (χ3n) is 5.71. The summed E-state index contributed by atoms with van der Waals surface area (Å²) in [4.78, 5) is 6.54. The van der Waals surface area contributed by atoms with Crippen LogP contribution in [0.1, 0.15) is 24.8 Å². The molecular formula is C19H21FN4O. The van der Waals surface area contributed by atoms with Gasteiger partial charge in [-0.15, -0.1) is 0 Å². The van der Waals surface area contributed by atoms with E-state index in [0.29, 0.717) is 21.9 Å². The Hall–Kier alpha value is -2.39. The zero-order valence-electron chi connectivity index (χ0n) is 14.3. The van der Waals surface area contributed by atoms with E-state index < -0.39 is 5.82 Å². The lowest BCUT2D eigenvalue weighted by atomic mass is 9.77. The molecule has 25 heavy (non-hydrogen) atoms. The number of nitrogens with one attached hydrogen (secondary N) is 1. The molecule has 0 atom stereocenters. The Morgan fingerprint density at radius 2 is 2.12 bits per heavy atom. The summed E-state index contributed by atoms with van der Waals surface area (Å²) in [5.74, 6) is -0.258. The number of ether oxygens (including phenoxy) is 1. The normalized spacial score (nSPS) is 19.3. The smallest absolute Gasteiger partial charge is 0.165 e. The van der Waals surface area contributed by atoms with E-state index >= 15 is 0 Å². The van der Waals surface area contributed by atoms with Gasteiger partial charge in [0, 0.05) is 37.3 Å². The van der Waals surface area contributed by atoms with Gasteiger partial charge in [0.1, 0.15) is 6.07 Å². The number of piperidine rings is 1. The van der Waals surface area contributed by atoms with Crippen LogP contribution in [-0.2, 0) is 0 Å². The van der Waals surface area contributed by atoms with Gasteiger partial charge in [0.2, 0.25) is 0 Å². The van der Waals surface area contributed by atoms with Gasteiger partial charge in [-0.1, -0.05) is 0 Å². The van der Waals surface area contributed by atoms with Gasteiger partial charge < -0.3 is 15.0 Å². The van der Waals surface area contributed by atoms with Gasteiger partial charge in [-0.3, -0.25) is 4.98 Å². The second kappa shape index (κ2) is 6.16. The minimum Gasteiger partial charge on any atom is -0.494 e. The molecule has 0 amide bonds. The van der Waals surface area contributed by atoms with E-state index in [0.717, 1.165) is 44.7 Å². The topological polar surface area (TPSA) is 61.2 Å². The van der Waals surface area contributed by atoms with Gasteiger partial charge in [-0.2, -0.15) is 5.26 Å². The quantitative estimate of drug-likeness (QED) is 0.911. The maximum absolute atomic E-state index is 14.3. The van der Waals surface area contributed by atoms with Gasteiger partial charge in [0.15, 0.2) is 11.6 Å². The molecule has 5 nitrogen and oxygen atoms in total. The number of pyridine rings is 1. The molecule has 2 aromatic rings. The lowest BCUT2D eigenvalue weighted by molar-refractivity contribution is 0.247. The molecule has 130 valence electrons. The molecule has 1 aromatic carbocycles. The van der Waals surface area contributed by atoms with Gasteiger partial charge in [-0.25, -0.2) is 4.39 Å². The molecule has 2 fully saturated rings. The third-order valence-corrected chi connectivity index (χ3v) is 5.71. The van der Waals surface area contributed by atoms with Crippen LogP contribution in [0.5, 0.6) is 5.75 Å². The lowest BCUT2D eigenvalue weighted by Gasteiger charge is -2.40. The molecular weight excluding hydrogens is 319 g/mol. The van der Waals surface area contributed by atoms with Crippen LogP contribution in [0.3, 0.4) is 0 Å². The minimum absolute atomic E-state index is 0.172. The lowest BCUT2D eigenvalue weighted by Crippen LogP contribution is -2.41. The molecule has 0 unspecified atom stereocenters. The molecule has 1 N–H and O–H groups in total. The largest absolute Gasteiger partial charge is 0.494 e. The monoisotopic (exact) mass is 340 g/mol. The third kappa shape index (κ3) is 2.69. The summed E-state index contributed by atoms with van der Waals surface area (Å²) in [7, 11) is 1.44. The Morgan fingerprint density at radius 3 is 2.76 bits per heavy atom.